The van der Waals surface area contributed by atoms with Gasteiger partial charge >= 0.3 is 0 Å². The van der Waals surface area contributed by atoms with E-state index in [9.17, 15) is 9.90 Å². The molecule has 0 bridgehead atoms. The molecule has 1 heterocycles. The second-order valence-corrected chi connectivity index (χ2v) is 4.22. The van der Waals surface area contributed by atoms with E-state index < -0.39 is 6.23 Å². The fraction of sp³-hybridized carbons (Fsp3) is 0.417. The highest BCUT2D eigenvalue weighted by atomic mass is 16.3. The molecular weight excluding hydrogens is 190 g/mol. The number of amides is 1. The van der Waals surface area contributed by atoms with Crippen molar-refractivity contribution in [3.8, 4) is 0 Å². The molecule has 1 aromatic rings. The molecule has 0 aliphatic carbocycles. The Morgan fingerprint density at radius 2 is 2.07 bits per heavy atom. The van der Waals surface area contributed by atoms with Gasteiger partial charge in [0, 0.05) is 17.2 Å². The van der Waals surface area contributed by atoms with Crippen molar-refractivity contribution in [3.05, 3.63) is 34.9 Å². The zero-order valence-corrected chi connectivity index (χ0v) is 9.19. The summed E-state index contributed by atoms with van der Waals surface area (Å²) in [5.41, 5.74) is 2.36. The molecule has 3 heteroatoms. The number of hydrogen-bond donors (Lipinski definition) is 1. The van der Waals surface area contributed by atoms with Crippen molar-refractivity contribution in [1.29, 1.82) is 0 Å². The number of aryl methyl sites for hydroxylation is 1. The Morgan fingerprint density at radius 1 is 1.40 bits per heavy atom. The normalized spacial score (nSPS) is 19.9. The molecule has 80 valence electrons. The van der Waals surface area contributed by atoms with Crippen LogP contribution in [0.2, 0.25) is 0 Å². The molecule has 1 unspecified atom stereocenters. The Labute approximate surface area is 89.3 Å². The van der Waals surface area contributed by atoms with Gasteiger partial charge in [0.2, 0.25) is 0 Å². The van der Waals surface area contributed by atoms with E-state index in [1.165, 1.54) is 4.90 Å². The van der Waals surface area contributed by atoms with Crippen molar-refractivity contribution in [2.45, 2.75) is 33.0 Å². The first-order valence-corrected chi connectivity index (χ1v) is 5.14. The van der Waals surface area contributed by atoms with Gasteiger partial charge in [0.1, 0.15) is 0 Å². The Hall–Kier alpha value is -1.35. The minimum atomic E-state index is -0.784. The van der Waals surface area contributed by atoms with E-state index in [-0.39, 0.29) is 11.9 Å². The highest BCUT2D eigenvalue weighted by Gasteiger charge is 2.37. The van der Waals surface area contributed by atoms with Crippen molar-refractivity contribution in [1.82, 2.24) is 4.90 Å². The Kier molecular flexibility index (Phi) is 2.27. The molecule has 2 rings (SSSR count). The summed E-state index contributed by atoms with van der Waals surface area (Å²) in [6.45, 7) is 5.73. The first kappa shape index (κ1) is 10.2. The molecule has 0 spiro atoms. The largest absolute Gasteiger partial charge is 0.369 e. The van der Waals surface area contributed by atoms with Crippen LogP contribution < -0.4 is 0 Å². The molecule has 1 aliphatic heterocycles. The zero-order valence-electron chi connectivity index (χ0n) is 9.19. The van der Waals surface area contributed by atoms with Crippen molar-refractivity contribution >= 4 is 5.91 Å². The second-order valence-electron chi connectivity index (χ2n) is 4.22. The fourth-order valence-corrected chi connectivity index (χ4v) is 2.12. The number of aliphatic hydroxyl groups excluding tert-OH is 1. The molecule has 0 aromatic heterocycles. The lowest BCUT2D eigenvalue weighted by molar-refractivity contribution is 0.00348. The third-order valence-electron chi connectivity index (χ3n) is 2.87. The Balaban J connectivity index is 2.56. The maximum absolute atomic E-state index is 12.0. The summed E-state index contributed by atoms with van der Waals surface area (Å²) in [5.74, 6) is -0.0730. The topological polar surface area (TPSA) is 40.5 Å². The minimum Gasteiger partial charge on any atom is -0.369 e. The number of carbonyl (C=O) groups excluding carboxylic acids is 1. The SMILES string of the molecule is Cc1cccc2c1C(O)N(C(C)C)C2=O. The van der Waals surface area contributed by atoms with Gasteiger partial charge in [-0.05, 0) is 32.4 Å². The molecule has 1 aliphatic rings. The first-order chi connectivity index (χ1) is 7.04. The number of hydrogen-bond acceptors (Lipinski definition) is 2. The van der Waals surface area contributed by atoms with Gasteiger partial charge in [-0.1, -0.05) is 12.1 Å². The van der Waals surface area contributed by atoms with Gasteiger partial charge in [-0.15, -0.1) is 0 Å². The fourth-order valence-electron chi connectivity index (χ4n) is 2.12. The molecule has 15 heavy (non-hydrogen) atoms. The summed E-state index contributed by atoms with van der Waals surface area (Å²) < 4.78 is 0. The lowest BCUT2D eigenvalue weighted by atomic mass is 10.0. The number of carbonyl (C=O) groups is 1. The molecule has 0 fully saturated rings. The summed E-state index contributed by atoms with van der Waals surface area (Å²) in [7, 11) is 0. The molecule has 1 N–H and O–H groups in total. The van der Waals surface area contributed by atoms with Crippen LogP contribution in [0.25, 0.3) is 0 Å². The number of aliphatic hydroxyl groups is 1. The lowest BCUT2D eigenvalue weighted by Crippen LogP contribution is -2.34. The summed E-state index contributed by atoms with van der Waals surface area (Å²) in [5, 5.41) is 10.1. The van der Waals surface area contributed by atoms with Gasteiger partial charge < -0.3 is 10.0 Å². The average molecular weight is 205 g/mol. The van der Waals surface area contributed by atoms with E-state index in [0.29, 0.717) is 5.56 Å². The van der Waals surface area contributed by atoms with Gasteiger partial charge in [-0.3, -0.25) is 4.79 Å². The average Bonchev–Trinajstić information content (AvgIpc) is 2.40. The molecule has 1 atom stereocenters. The lowest BCUT2D eigenvalue weighted by Gasteiger charge is -2.25. The smallest absolute Gasteiger partial charge is 0.256 e. The van der Waals surface area contributed by atoms with Crippen molar-refractivity contribution < 1.29 is 9.90 Å². The maximum Gasteiger partial charge on any atom is 0.256 e. The third-order valence-corrected chi connectivity index (χ3v) is 2.87. The van der Waals surface area contributed by atoms with Crippen LogP contribution in [0.4, 0.5) is 0 Å². The van der Waals surface area contributed by atoms with Gasteiger partial charge in [0.05, 0.1) is 0 Å². The summed E-state index contributed by atoms with van der Waals surface area (Å²) in [6.07, 6.45) is -0.784. The first-order valence-electron chi connectivity index (χ1n) is 5.14. The Bertz CT molecular complexity index is 412. The predicted octanol–water partition coefficient (Wildman–Crippen LogP) is 1.85. The van der Waals surface area contributed by atoms with Crippen molar-refractivity contribution in [3.63, 3.8) is 0 Å². The maximum atomic E-state index is 12.0. The van der Waals surface area contributed by atoms with Crippen LogP contribution in [-0.2, 0) is 0 Å². The van der Waals surface area contributed by atoms with Crippen LogP contribution in [0, 0.1) is 6.92 Å². The highest BCUT2D eigenvalue weighted by molar-refractivity contribution is 5.99. The molecule has 0 radical (unpaired) electrons. The number of rotatable bonds is 1. The van der Waals surface area contributed by atoms with Crippen LogP contribution in [0.15, 0.2) is 18.2 Å². The molecule has 0 saturated heterocycles. The van der Waals surface area contributed by atoms with Gasteiger partial charge in [0.15, 0.2) is 6.23 Å². The van der Waals surface area contributed by atoms with E-state index in [0.717, 1.165) is 11.1 Å². The van der Waals surface area contributed by atoms with Gasteiger partial charge in [-0.2, -0.15) is 0 Å². The summed E-state index contributed by atoms with van der Waals surface area (Å²) in [4.78, 5) is 13.5. The van der Waals surface area contributed by atoms with E-state index in [4.69, 9.17) is 0 Å². The molecule has 0 saturated carbocycles. The van der Waals surface area contributed by atoms with Crippen LogP contribution in [0.5, 0.6) is 0 Å². The minimum absolute atomic E-state index is 0.0132. The van der Waals surface area contributed by atoms with Crippen LogP contribution in [-0.4, -0.2) is 22.0 Å². The number of nitrogens with zero attached hydrogens (tertiary/aromatic N) is 1. The van der Waals surface area contributed by atoms with E-state index >= 15 is 0 Å². The monoisotopic (exact) mass is 205 g/mol. The van der Waals surface area contributed by atoms with Crippen LogP contribution in [0.1, 0.15) is 41.6 Å². The standard InChI is InChI=1S/C12H15NO2/c1-7(2)13-11(14)9-6-4-5-8(3)10(9)12(13)15/h4-7,12,15H,1-3H3. The van der Waals surface area contributed by atoms with E-state index in [2.05, 4.69) is 0 Å². The molecular formula is C12H15NO2. The van der Waals surface area contributed by atoms with Crippen molar-refractivity contribution in [2.24, 2.45) is 0 Å². The quantitative estimate of drug-likeness (QED) is 0.760. The summed E-state index contributed by atoms with van der Waals surface area (Å²) >= 11 is 0. The highest BCUT2D eigenvalue weighted by Crippen LogP contribution is 2.35. The molecule has 1 aromatic carbocycles. The molecule has 1 amide bonds. The predicted molar refractivity (Wildman–Crippen MR) is 57.4 cm³/mol. The van der Waals surface area contributed by atoms with Crippen LogP contribution in [0.3, 0.4) is 0 Å². The van der Waals surface area contributed by atoms with Crippen LogP contribution >= 0.6 is 0 Å². The summed E-state index contributed by atoms with van der Waals surface area (Å²) in [6, 6.07) is 5.55. The zero-order chi connectivity index (χ0) is 11.2. The Morgan fingerprint density at radius 3 is 2.60 bits per heavy atom. The second kappa shape index (κ2) is 3.35. The number of fused-ring (bicyclic) bond motifs is 1. The van der Waals surface area contributed by atoms with E-state index in [1.807, 2.05) is 32.9 Å². The van der Waals surface area contributed by atoms with Crippen molar-refractivity contribution in [2.75, 3.05) is 0 Å². The molecule has 3 nitrogen and oxygen atoms in total. The van der Waals surface area contributed by atoms with E-state index in [1.54, 1.807) is 6.07 Å². The van der Waals surface area contributed by atoms with Gasteiger partial charge in [-0.25, -0.2) is 0 Å². The number of benzene rings is 1. The third kappa shape index (κ3) is 1.35. The van der Waals surface area contributed by atoms with Gasteiger partial charge in [0.25, 0.3) is 5.91 Å².